The van der Waals surface area contributed by atoms with Crippen molar-refractivity contribution < 1.29 is 14.7 Å². The standard InChI is InChI=1S/C14H18N2O3/c1-2-11(15)13(17)16-8-10-6-4-3-5-9(10)7-12(16)14(18)19/h3-6,11-12H,2,7-8,15H2,1H3,(H,18,19)/t11?,12-/m0/s1. The third-order valence-corrected chi connectivity index (χ3v) is 3.57. The zero-order chi connectivity index (χ0) is 14.0. The summed E-state index contributed by atoms with van der Waals surface area (Å²) in [6.07, 6.45) is 0.844. The number of fused-ring (bicyclic) bond motifs is 1. The molecule has 102 valence electrons. The summed E-state index contributed by atoms with van der Waals surface area (Å²) < 4.78 is 0. The Balaban J connectivity index is 2.31. The monoisotopic (exact) mass is 262 g/mol. The Morgan fingerprint density at radius 2 is 2.05 bits per heavy atom. The Bertz CT molecular complexity index is 501. The Morgan fingerprint density at radius 1 is 1.42 bits per heavy atom. The second-order valence-electron chi connectivity index (χ2n) is 4.81. The van der Waals surface area contributed by atoms with Gasteiger partial charge >= 0.3 is 5.97 Å². The Hall–Kier alpha value is -1.88. The Kier molecular flexibility index (Phi) is 3.85. The molecule has 0 spiro atoms. The summed E-state index contributed by atoms with van der Waals surface area (Å²) in [6, 6.07) is 6.15. The summed E-state index contributed by atoms with van der Waals surface area (Å²) in [7, 11) is 0. The quantitative estimate of drug-likeness (QED) is 0.842. The molecule has 0 bridgehead atoms. The second-order valence-corrected chi connectivity index (χ2v) is 4.81. The van der Waals surface area contributed by atoms with E-state index in [1.54, 1.807) is 0 Å². The van der Waals surface area contributed by atoms with Crippen LogP contribution in [0.2, 0.25) is 0 Å². The molecule has 0 fully saturated rings. The smallest absolute Gasteiger partial charge is 0.326 e. The molecule has 0 radical (unpaired) electrons. The van der Waals surface area contributed by atoms with Gasteiger partial charge in [-0.3, -0.25) is 4.79 Å². The predicted octanol–water partition coefficient (Wildman–Crippen LogP) is 0.762. The number of nitrogens with two attached hydrogens (primary N) is 1. The molecular weight excluding hydrogens is 244 g/mol. The minimum Gasteiger partial charge on any atom is -0.480 e. The molecule has 1 aromatic carbocycles. The molecular formula is C14H18N2O3. The van der Waals surface area contributed by atoms with Gasteiger partial charge in [0.25, 0.3) is 0 Å². The molecule has 1 aliphatic heterocycles. The van der Waals surface area contributed by atoms with Gasteiger partial charge in [-0.15, -0.1) is 0 Å². The van der Waals surface area contributed by atoms with Gasteiger partial charge in [-0.25, -0.2) is 4.79 Å². The highest BCUT2D eigenvalue weighted by Crippen LogP contribution is 2.24. The molecule has 5 heteroatoms. The summed E-state index contributed by atoms with van der Waals surface area (Å²) in [6.45, 7) is 2.13. The molecule has 0 aromatic heterocycles. The van der Waals surface area contributed by atoms with Crippen LogP contribution in [0.15, 0.2) is 24.3 Å². The minimum atomic E-state index is -0.980. The van der Waals surface area contributed by atoms with Crippen molar-refractivity contribution in [3.8, 4) is 0 Å². The zero-order valence-corrected chi connectivity index (χ0v) is 10.9. The van der Waals surface area contributed by atoms with Gasteiger partial charge in [-0.05, 0) is 17.5 Å². The van der Waals surface area contributed by atoms with E-state index in [0.717, 1.165) is 11.1 Å². The van der Waals surface area contributed by atoms with Crippen molar-refractivity contribution in [2.24, 2.45) is 5.73 Å². The second kappa shape index (κ2) is 5.40. The highest BCUT2D eigenvalue weighted by atomic mass is 16.4. The van der Waals surface area contributed by atoms with E-state index in [0.29, 0.717) is 19.4 Å². The van der Waals surface area contributed by atoms with E-state index in [1.807, 2.05) is 31.2 Å². The number of carbonyl (C=O) groups is 2. The van der Waals surface area contributed by atoms with Gasteiger partial charge in [0, 0.05) is 13.0 Å². The molecule has 0 saturated carbocycles. The number of amides is 1. The van der Waals surface area contributed by atoms with Gasteiger partial charge in [-0.1, -0.05) is 31.2 Å². The molecule has 2 atom stereocenters. The first kappa shape index (κ1) is 13.5. The third kappa shape index (κ3) is 2.61. The van der Waals surface area contributed by atoms with Gasteiger partial charge in [0.05, 0.1) is 6.04 Å². The van der Waals surface area contributed by atoms with Gasteiger partial charge in [-0.2, -0.15) is 0 Å². The molecule has 0 aliphatic carbocycles. The number of nitrogens with zero attached hydrogens (tertiary/aromatic N) is 1. The van der Waals surface area contributed by atoms with E-state index < -0.39 is 18.1 Å². The van der Waals surface area contributed by atoms with E-state index in [4.69, 9.17) is 5.73 Å². The van der Waals surface area contributed by atoms with Crippen molar-refractivity contribution in [2.45, 2.75) is 38.4 Å². The maximum Gasteiger partial charge on any atom is 0.326 e. The number of carboxylic acid groups (broad SMARTS) is 1. The molecule has 2 rings (SSSR count). The first-order chi connectivity index (χ1) is 9.04. The highest BCUT2D eigenvalue weighted by molar-refractivity contribution is 5.87. The molecule has 3 N–H and O–H groups in total. The molecule has 1 aromatic rings. The number of rotatable bonds is 3. The summed E-state index contributed by atoms with van der Waals surface area (Å²) in [5.74, 6) is -1.27. The first-order valence-electron chi connectivity index (χ1n) is 6.40. The van der Waals surface area contributed by atoms with Crippen LogP contribution in [0.1, 0.15) is 24.5 Å². The van der Waals surface area contributed by atoms with E-state index in [2.05, 4.69) is 0 Å². The van der Waals surface area contributed by atoms with Crippen LogP contribution in [0.25, 0.3) is 0 Å². The fraction of sp³-hybridized carbons (Fsp3) is 0.429. The number of carbonyl (C=O) groups excluding carboxylic acids is 1. The van der Waals surface area contributed by atoms with E-state index in [1.165, 1.54) is 4.90 Å². The van der Waals surface area contributed by atoms with Crippen molar-refractivity contribution in [1.82, 2.24) is 4.90 Å². The molecule has 5 nitrogen and oxygen atoms in total. The summed E-state index contributed by atoms with van der Waals surface area (Å²) >= 11 is 0. The maximum absolute atomic E-state index is 12.2. The third-order valence-electron chi connectivity index (χ3n) is 3.57. The van der Waals surface area contributed by atoms with Crippen LogP contribution in [-0.2, 0) is 22.6 Å². The summed E-state index contributed by atoms with van der Waals surface area (Å²) in [5.41, 5.74) is 7.73. The summed E-state index contributed by atoms with van der Waals surface area (Å²) in [5, 5.41) is 9.30. The lowest BCUT2D eigenvalue weighted by Gasteiger charge is -2.35. The van der Waals surface area contributed by atoms with Crippen LogP contribution in [0.3, 0.4) is 0 Å². The molecule has 19 heavy (non-hydrogen) atoms. The Labute approximate surface area is 112 Å². The zero-order valence-electron chi connectivity index (χ0n) is 10.9. The topological polar surface area (TPSA) is 83.6 Å². The highest BCUT2D eigenvalue weighted by Gasteiger charge is 2.35. The van der Waals surface area contributed by atoms with Gasteiger partial charge in [0.15, 0.2) is 0 Å². The van der Waals surface area contributed by atoms with Crippen LogP contribution in [0.4, 0.5) is 0 Å². The van der Waals surface area contributed by atoms with Crippen LogP contribution in [0.5, 0.6) is 0 Å². The normalized spacial score (nSPS) is 19.7. The van der Waals surface area contributed by atoms with Gasteiger partial charge in [0.2, 0.25) is 5.91 Å². The van der Waals surface area contributed by atoms with E-state index in [-0.39, 0.29) is 5.91 Å². The lowest BCUT2D eigenvalue weighted by atomic mass is 9.93. The molecule has 1 aliphatic rings. The molecule has 1 amide bonds. The lowest BCUT2D eigenvalue weighted by Crippen LogP contribution is -2.53. The average molecular weight is 262 g/mol. The maximum atomic E-state index is 12.2. The molecule has 1 heterocycles. The van der Waals surface area contributed by atoms with Gasteiger partial charge in [0.1, 0.15) is 6.04 Å². The first-order valence-corrected chi connectivity index (χ1v) is 6.40. The number of aliphatic carboxylic acids is 1. The number of benzene rings is 1. The number of carboxylic acids is 1. The van der Waals surface area contributed by atoms with Gasteiger partial charge < -0.3 is 15.7 Å². The van der Waals surface area contributed by atoms with Crippen LogP contribution in [0, 0.1) is 0 Å². The van der Waals surface area contributed by atoms with Crippen molar-refractivity contribution in [3.63, 3.8) is 0 Å². The molecule has 1 unspecified atom stereocenters. The molecule has 0 saturated heterocycles. The predicted molar refractivity (Wildman–Crippen MR) is 70.4 cm³/mol. The fourth-order valence-corrected chi connectivity index (χ4v) is 2.36. The minimum absolute atomic E-state index is 0.288. The fourth-order valence-electron chi connectivity index (χ4n) is 2.36. The average Bonchev–Trinajstić information content (AvgIpc) is 2.44. The van der Waals surface area contributed by atoms with E-state index in [9.17, 15) is 14.7 Å². The SMILES string of the molecule is CCC(N)C(=O)N1Cc2ccccc2C[C@H]1C(=O)O. The summed E-state index contributed by atoms with van der Waals surface area (Å²) in [4.78, 5) is 24.9. The van der Waals surface area contributed by atoms with Crippen LogP contribution < -0.4 is 5.73 Å². The largest absolute Gasteiger partial charge is 0.480 e. The van der Waals surface area contributed by atoms with Crippen molar-refractivity contribution in [1.29, 1.82) is 0 Å². The number of hydrogen-bond donors (Lipinski definition) is 2. The number of hydrogen-bond acceptors (Lipinski definition) is 3. The van der Waals surface area contributed by atoms with Crippen molar-refractivity contribution >= 4 is 11.9 Å². The van der Waals surface area contributed by atoms with Crippen LogP contribution in [-0.4, -0.2) is 34.0 Å². The van der Waals surface area contributed by atoms with Crippen molar-refractivity contribution in [2.75, 3.05) is 0 Å². The Morgan fingerprint density at radius 3 is 2.63 bits per heavy atom. The van der Waals surface area contributed by atoms with Crippen LogP contribution >= 0.6 is 0 Å². The van der Waals surface area contributed by atoms with Crippen molar-refractivity contribution in [3.05, 3.63) is 35.4 Å². The van der Waals surface area contributed by atoms with E-state index >= 15 is 0 Å². The lowest BCUT2D eigenvalue weighted by molar-refractivity contribution is -0.152.